The summed E-state index contributed by atoms with van der Waals surface area (Å²) in [5.41, 5.74) is 11.5. The standard InChI is InChI=1S/C48H47BrN8O10S/c1-25-15-30(46(58)56-12-9-27(10-13-56)11-14-57-45-40(44(50)51-23-52-45)55-47(57)68-39-21-36-35(20-32(39)49)64-24-65-36)16-26(2)41(25)66-48(59)54-33-17-28(7-8-34(33)60-3)31-22-53-67-42(31)29-18-37(61-4)43(63-6)38(19-29)62-5/h7-8,15-23,27H,9-14,24H2,1-6H3,(H,54,59)(H2,50,51,52). The highest BCUT2D eigenvalue weighted by Crippen LogP contribution is 2.45. The Balaban J connectivity index is 0.839. The maximum Gasteiger partial charge on any atom is 0.417 e. The molecule has 18 nitrogen and oxygen atoms in total. The number of amides is 2. The van der Waals surface area contributed by atoms with Crippen LogP contribution >= 0.6 is 27.7 Å². The molecule has 2 amide bonds. The van der Waals surface area contributed by atoms with Crippen LogP contribution in [-0.2, 0) is 6.54 Å². The molecular formula is C48H47BrN8O10S. The number of hydrogen-bond acceptors (Lipinski definition) is 16. The molecule has 3 aromatic heterocycles. The van der Waals surface area contributed by atoms with E-state index in [4.69, 9.17) is 48.4 Å². The van der Waals surface area contributed by atoms with Crippen molar-refractivity contribution < 1.29 is 47.3 Å². The molecule has 20 heteroatoms. The fourth-order valence-electron chi connectivity index (χ4n) is 8.51. The van der Waals surface area contributed by atoms with E-state index in [0.717, 1.165) is 33.8 Å². The highest BCUT2D eigenvalue weighted by Gasteiger charge is 2.28. The van der Waals surface area contributed by atoms with Crippen molar-refractivity contribution in [1.82, 2.24) is 29.6 Å². The number of hydrogen-bond donors (Lipinski definition) is 2. The summed E-state index contributed by atoms with van der Waals surface area (Å²) in [6.45, 7) is 5.67. The Kier molecular flexibility index (Phi) is 13.2. The molecule has 2 aliphatic heterocycles. The predicted octanol–water partition coefficient (Wildman–Crippen LogP) is 9.58. The van der Waals surface area contributed by atoms with Gasteiger partial charge in [0, 0.05) is 45.7 Å². The molecule has 1 saturated heterocycles. The van der Waals surface area contributed by atoms with E-state index in [1.165, 1.54) is 46.5 Å². The minimum atomic E-state index is -0.742. The van der Waals surface area contributed by atoms with Crippen LogP contribution in [0.4, 0.5) is 16.3 Å². The number of piperidine rings is 1. The van der Waals surface area contributed by atoms with Crippen LogP contribution in [0.1, 0.15) is 40.7 Å². The van der Waals surface area contributed by atoms with Crippen LogP contribution < -0.4 is 44.2 Å². The highest BCUT2D eigenvalue weighted by atomic mass is 79.9. The summed E-state index contributed by atoms with van der Waals surface area (Å²) in [7, 11) is 6.10. The number of nitrogens with one attached hydrogen (secondary N) is 1. The first-order valence-electron chi connectivity index (χ1n) is 21.5. The maximum absolute atomic E-state index is 13.9. The number of fused-ring (bicyclic) bond motifs is 2. The van der Waals surface area contributed by atoms with Crippen molar-refractivity contribution in [2.75, 3.05) is 59.4 Å². The minimum absolute atomic E-state index is 0.0763. The SMILES string of the molecule is COc1ccc(-c2cnoc2-c2cc(OC)c(OC)c(OC)c2)cc1NC(=O)Oc1c(C)cc(C(=O)N2CCC(CCn3c(Sc4cc5c(cc4Br)OCO5)nc4c(N)ncnc43)CC2)cc1C. The molecule has 3 N–H and O–H groups in total. The molecule has 0 aliphatic carbocycles. The quantitative estimate of drug-likeness (QED) is 0.104. The summed E-state index contributed by atoms with van der Waals surface area (Å²) in [6, 6.07) is 16.2. The van der Waals surface area contributed by atoms with Gasteiger partial charge in [-0.1, -0.05) is 23.0 Å². The van der Waals surface area contributed by atoms with Gasteiger partial charge in [0.15, 0.2) is 50.9 Å². The Morgan fingerprint density at radius 3 is 2.26 bits per heavy atom. The minimum Gasteiger partial charge on any atom is -0.495 e. The Bertz CT molecular complexity index is 3010. The first kappa shape index (κ1) is 45.9. The van der Waals surface area contributed by atoms with Crippen LogP contribution in [0.3, 0.4) is 0 Å². The zero-order valence-electron chi connectivity index (χ0n) is 38.0. The van der Waals surface area contributed by atoms with E-state index in [0.29, 0.717) is 128 Å². The Morgan fingerprint density at radius 2 is 1.57 bits per heavy atom. The summed E-state index contributed by atoms with van der Waals surface area (Å²) in [4.78, 5) is 43.8. The molecule has 352 valence electrons. The fraction of sp³-hybridized carbons (Fsp3) is 0.292. The zero-order valence-corrected chi connectivity index (χ0v) is 40.4. The normalized spacial score (nSPS) is 13.4. The summed E-state index contributed by atoms with van der Waals surface area (Å²) in [5, 5.41) is 7.62. The molecule has 0 unspecified atom stereocenters. The number of likely N-dealkylation sites (tertiary alicyclic amines) is 1. The second-order valence-corrected chi connectivity index (χ2v) is 18.0. The lowest BCUT2D eigenvalue weighted by molar-refractivity contribution is 0.0684. The number of nitrogen functional groups attached to an aromatic ring is 1. The number of ether oxygens (including phenoxy) is 7. The molecule has 0 spiro atoms. The summed E-state index contributed by atoms with van der Waals surface area (Å²) in [5.74, 6) is 4.48. The molecule has 0 bridgehead atoms. The van der Waals surface area contributed by atoms with Gasteiger partial charge in [0.05, 0.1) is 40.3 Å². The predicted molar refractivity (Wildman–Crippen MR) is 257 cm³/mol. The Hall–Kier alpha value is -7.19. The van der Waals surface area contributed by atoms with Gasteiger partial charge in [0.2, 0.25) is 12.5 Å². The second-order valence-electron chi connectivity index (χ2n) is 16.1. The van der Waals surface area contributed by atoms with E-state index < -0.39 is 6.09 Å². The van der Waals surface area contributed by atoms with Gasteiger partial charge in [-0.3, -0.25) is 10.1 Å². The lowest BCUT2D eigenvalue weighted by Crippen LogP contribution is -2.38. The molecule has 68 heavy (non-hydrogen) atoms. The second kappa shape index (κ2) is 19.6. The van der Waals surface area contributed by atoms with Crippen LogP contribution in [0.15, 0.2) is 86.2 Å². The van der Waals surface area contributed by atoms with Gasteiger partial charge in [0.1, 0.15) is 17.8 Å². The van der Waals surface area contributed by atoms with Gasteiger partial charge in [0.25, 0.3) is 5.91 Å². The third-order valence-corrected chi connectivity index (χ3v) is 13.9. The van der Waals surface area contributed by atoms with Crippen LogP contribution in [0.2, 0.25) is 0 Å². The van der Waals surface area contributed by atoms with Crippen molar-refractivity contribution in [2.24, 2.45) is 5.92 Å². The van der Waals surface area contributed by atoms with E-state index in [1.54, 1.807) is 42.6 Å². The number of imidazole rings is 1. The van der Waals surface area contributed by atoms with Crippen molar-refractivity contribution in [3.8, 4) is 62.7 Å². The molecule has 4 aromatic carbocycles. The number of aromatic nitrogens is 5. The van der Waals surface area contributed by atoms with Crippen LogP contribution in [0, 0.1) is 19.8 Å². The van der Waals surface area contributed by atoms with Gasteiger partial charge in [-0.05, 0) is 120 Å². The first-order chi connectivity index (χ1) is 33.0. The lowest BCUT2D eigenvalue weighted by Gasteiger charge is -2.32. The van der Waals surface area contributed by atoms with Crippen LogP contribution in [0.25, 0.3) is 33.6 Å². The largest absolute Gasteiger partial charge is 0.495 e. The van der Waals surface area contributed by atoms with E-state index >= 15 is 0 Å². The third kappa shape index (κ3) is 9.12. The van der Waals surface area contributed by atoms with Crippen molar-refractivity contribution in [1.29, 1.82) is 0 Å². The average molecular weight is 1010 g/mol. The number of halogens is 1. The highest BCUT2D eigenvalue weighted by molar-refractivity contribution is 9.10. The smallest absolute Gasteiger partial charge is 0.417 e. The number of nitrogens with zero attached hydrogens (tertiary/aromatic N) is 6. The number of anilines is 2. The van der Waals surface area contributed by atoms with E-state index in [1.807, 2.05) is 36.9 Å². The van der Waals surface area contributed by atoms with Crippen molar-refractivity contribution >= 4 is 62.4 Å². The average Bonchev–Trinajstić information content (AvgIpc) is 4.11. The van der Waals surface area contributed by atoms with Crippen molar-refractivity contribution in [3.63, 3.8) is 0 Å². The Labute approximate surface area is 403 Å². The molecule has 9 rings (SSSR count). The van der Waals surface area contributed by atoms with E-state index in [-0.39, 0.29) is 12.7 Å². The van der Waals surface area contributed by atoms with E-state index in [2.05, 4.69) is 40.9 Å². The van der Waals surface area contributed by atoms with Gasteiger partial charge in [-0.25, -0.2) is 19.7 Å². The summed E-state index contributed by atoms with van der Waals surface area (Å²) >= 11 is 5.15. The molecule has 0 radical (unpaired) electrons. The summed E-state index contributed by atoms with van der Waals surface area (Å²) < 4.78 is 47.9. The van der Waals surface area contributed by atoms with Crippen molar-refractivity contribution in [2.45, 2.75) is 49.7 Å². The van der Waals surface area contributed by atoms with Gasteiger partial charge in [-0.2, -0.15) is 0 Å². The van der Waals surface area contributed by atoms with Crippen LogP contribution in [-0.4, -0.2) is 89.9 Å². The molecule has 1 fully saturated rings. The third-order valence-electron chi connectivity index (χ3n) is 12.0. The van der Waals surface area contributed by atoms with Gasteiger partial charge < -0.3 is 52.9 Å². The number of nitrogens with two attached hydrogens (primary N) is 1. The number of rotatable bonds is 14. The van der Waals surface area contributed by atoms with Gasteiger partial charge >= 0.3 is 6.09 Å². The monoisotopic (exact) mass is 1010 g/mol. The number of aryl methyl sites for hydroxylation is 3. The summed E-state index contributed by atoms with van der Waals surface area (Å²) in [6.07, 6.45) is 4.81. The lowest BCUT2D eigenvalue weighted by atomic mass is 9.93. The number of carbonyl (C=O) groups excluding carboxylic acids is 2. The molecule has 5 heterocycles. The maximum atomic E-state index is 13.9. The Morgan fingerprint density at radius 1 is 0.868 bits per heavy atom. The van der Waals surface area contributed by atoms with Gasteiger partial charge in [-0.15, -0.1) is 0 Å². The molecule has 0 saturated carbocycles. The molecular weight excluding hydrogens is 961 g/mol. The van der Waals surface area contributed by atoms with Crippen LogP contribution in [0.5, 0.6) is 40.2 Å². The number of methoxy groups -OCH3 is 4. The molecule has 7 aromatic rings. The number of benzene rings is 4. The number of carbonyl (C=O) groups is 2. The zero-order chi connectivity index (χ0) is 47.6. The van der Waals surface area contributed by atoms with E-state index in [9.17, 15) is 9.59 Å². The molecule has 0 atom stereocenters. The first-order valence-corrected chi connectivity index (χ1v) is 23.1. The fourth-order valence-corrected chi connectivity index (χ4v) is 10.0. The van der Waals surface area contributed by atoms with Crippen molar-refractivity contribution in [3.05, 3.63) is 88.3 Å². The topological polar surface area (TPSA) is 210 Å². The molecule has 2 aliphatic rings.